The van der Waals surface area contributed by atoms with E-state index in [0.717, 1.165) is 12.1 Å². The molecule has 18 heavy (non-hydrogen) atoms. The summed E-state index contributed by atoms with van der Waals surface area (Å²) in [7, 11) is 0. The van der Waals surface area contributed by atoms with Crippen LogP contribution in [0.15, 0.2) is 17.0 Å². The van der Waals surface area contributed by atoms with E-state index in [1.54, 1.807) is 6.07 Å². The van der Waals surface area contributed by atoms with Crippen molar-refractivity contribution in [2.45, 2.75) is 16.9 Å². The van der Waals surface area contributed by atoms with Gasteiger partial charge in [0.1, 0.15) is 6.07 Å². The van der Waals surface area contributed by atoms with Crippen LogP contribution in [0.5, 0.6) is 0 Å². The van der Waals surface area contributed by atoms with E-state index in [0.29, 0.717) is 0 Å². The second-order valence-electron chi connectivity index (χ2n) is 3.13. The van der Waals surface area contributed by atoms with Crippen molar-refractivity contribution in [1.82, 2.24) is 0 Å². The number of carboxylic acid groups (broad SMARTS) is 1. The predicted octanol–water partition coefficient (Wildman–Crippen LogP) is 2.33. The highest BCUT2D eigenvalue weighted by Crippen LogP contribution is 2.39. The topological polar surface area (TPSA) is 87.1 Å². The van der Waals surface area contributed by atoms with E-state index in [-0.39, 0.29) is 16.0 Å². The fraction of sp³-hybridized carbons (Fsp3) is 0.200. The molecule has 0 heterocycles. The van der Waals surface area contributed by atoms with Crippen molar-refractivity contribution >= 4 is 17.7 Å². The first-order chi connectivity index (χ1) is 8.30. The molecule has 0 radical (unpaired) electrons. The fourth-order valence-electron chi connectivity index (χ4n) is 1.39. The number of nitrogens with zero attached hydrogens (tertiary/aromatic N) is 1. The van der Waals surface area contributed by atoms with Gasteiger partial charge in [0.2, 0.25) is 0 Å². The predicted molar refractivity (Wildman–Crippen MR) is 57.9 cm³/mol. The van der Waals surface area contributed by atoms with Gasteiger partial charge in [-0.15, -0.1) is 0 Å². The molecule has 1 aromatic carbocycles. The number of rotatable bonds is 3. The largest absolute Gasteiger partial charge is 0.478 e. The molecule has 8 heteroatoms. The zero-order chi connectivity index (χ0) is 13.9. The Hall–Kier alpha value is -1.72. The van der Waals surface area contributed by atoms with E-state index in [9.17, 15) is 18.0 Å². The van der Waals surface area contributed by atoms with Gasteiger partial charge in [-0.25, -0.2) is 4.79 Å². The third-order valence-corrected chi connectivity index (χ3v) is 2.87. The van der Waals surface area contributed by atoms with Crippen LogP contribution in [-0.4, -0.2) is 16.6 Å². The highest BCUT2D eigenvalue weighted by Gasteiger charge is 2.31. The molecule has 0 fully saturated rings. The number of carboxylic acids is 1. The molecule has 0 saturated carbocycles. The summed E-state index contributed by atoms with van der Waals surface area (Å²) in [6, 6.07) is 3.70. The lowest BCUT2D eigenvalue weighted by molar-refractivity contribution is -0.0328. The van der Waals surface area contributed by atoms with Gasteiger partial charge in [0.15, 0.2) is 0 Å². The summed E-state index contributed by atoms with van der Waals surface area (Å²) in [4.78, 5) is 10.7. The lowest BCUT2D eigenvalue weighted by atomic mass is 10.0. The monoisotopic (exact) mass is 276 g/mol. The number of nitrogens with two attached hydrogens (primary N) is 1. The second kappa shape index (κ2) is 5.29. The van der Waals surface area contributed by atoms with Gasteiger partial charge in [0.05, 0.1) is 11.1 Å². The Bertz CT molecular complexity index is 523. The van der Waals surface area contributed by atoms with Crippen molar-refractivity contribution in [3.05, 3.63) is 28.8 Å². The van der Waals surface area contributed by atoms with Crippen LogP contribution in [0.25, 0.3) is 0 Å². The first-order valence-corrected chi connectivity index (χ1v) is 5.37. The van der Waals surface area contributed by atoms with Gasteiger partial charge in [-0.05, 0) is 29.5 Å². The van der Waals surface area contributed by atoms with E-state index >= 15 is 0 Å². The molecule has 96 valence electrons. The van der Waals surface area contributed by atoms with Crippen LogP contribution >= 0.6 is 11.8 Å². The van der Waals surface area contributed by atoms with Gasteiger partial charge in [0, 0.05) is 11.4 Å². The van der Waals surface area contributed by atoms with Crippen molar-refractivity contribution in [3.8, 4) is 6.07 Å². The molecule has 0 bridgehead atoms. The van der Waals surface area contributed by atoms with Gasteiger partial charge >= 0.3 is 11.5 Å². The minimum absolute atomic E-state index is 0.191. The minimum atomic E-state index is -4.55. The standard InChI is InChI=1S/C10H7F3N2O2S/c11-10(12,13)18-7-2-1-5(3-14)8(9(16)17)6(7)4-15/h1-2H,4,15H2,(H,16,17). The van der Waals surface area contributed by atoms with E-state index in [4.69, 9.17) is 16.1 Å². The van der Waals surface area contributed by atoms with Crippen LogP contribution in [0.2, 0.25) is 0 Å². The minimum Gasteiger partial charge on any atom is -0.478 e. The number of carbonyl (C=O) groups is 1. The normalized spacial score (nSPS) is 11.1. The third-order valence-electron chi connectivity index (χ3n) is 2.03. The summed E-state index contributed by atoms with van der Waals surface area (Å²) in [5.74, 6) is -1.48. The molecular weight excluding hydrogens is 269 g/mol. The lowest BCUT2D eigenvalue weighted by Crippen LogP contribution is -2.12. The molecule has 0 aliphatic carbocycles. The Morgan fingerprint density at radius 2 is 2.11 bits per heavy atom. The molecule has 1 rings (SSSR count). The first-order valence-electron chi connectivity index (χ1n) is 4.55. The number of alkyl halides is 3. The summed E-state index contributed by atoms with van der Waals surface area (Å²) in [5.41, 5.74) is -0.151. The quantitative estimate of drug-likeness (QED) is 0.827. The number of halogens is 3. The number of hydrogen-bond acceptors (Lipinski definition) is 4. The zero-order valence-electron chi connectivity index (χ0n) is 8.78. The summed E-state index contributed by atoms with van der Waals surface area (Å²) < 4.78 is 36.8. The maximum atomic E-state index is 12.3. The van der Waals surface area contributed by atoms with Gasteiger partial charge in [0.25, 0.3) is 0 Å². The number of nitriles is 1. The van der Waals surface area contributed by atoms with E-state index < -0.39 is 35.3 Å². The molecule has 0 unspecified atom stereocenters. The Labute approximate surface area is 104 Å². The molecule has 4 nitrogen and oxygen atoms in total. The van der Waals surface area contributed by atoms with Gasteiger partial charge in [-0.3, -0.25) is 0 Å². The molecule has 0 aliphatic rings. The van der Waals surface area contributed by atoms with Crippen LogP contribution < -0.4 is 5.73 Å². The smallest absolute Gasteiger partial charge is 0.446 e. The maximum Gasteiger partial charge on any atom is 0.446 e. The number of aromatic carboxylic acids is 1. The second-order valence-corrected chi connectivity index (χ2v) is 4.24. The third kappa shape index (κ3) is 3.15. The Kier molecular flexibility index (Phi) is 4.21. The van der Waals surface area contributed by atoms with Crippen LogP contribution in [0.4, 0.5) is 13.2 Å². The zero-order valence-corrected chi connectivity index (χ0v) is 9.60. The average Bonchev–Trinajstić information content (AvgIpc) is 2.26. The first kappa shape index (κ1) is 14.3. The van der Waals surface area contributed by atoms with E-state index in [1.165, 1.54) is 0 Å². The van der Waals surface area contributed by atoms with Crippen molar-refractivity contribution in [2.24, 2.45) is 5.73 Å². The lowest BCUT2D eigenvalue weighted by Gasteiger charge is -2.13. The number of hydrogen-bond donors (Lipinski definition) is 2. The highest BCUT2D eigenvalue weighted by atomic mass is 32.2. The van der Waals surface area contributed by atoms with Crippen molar-refractivity contribution in [2.75, 3.05) is 0 Å². The van der Waals surface area contributed by atoms with Gasteiger partial charge < -0.3 is 10.8 Å². The molecule has 3 N–H and O–H groups in total. The Morgan fingerprint density at radius 3 is 2.50 bits per heavy atom. The Morgan fingerprint density at radius 1 is 1.50 bits per heavy atom. The van der Waals surface area contributed by atoms with Crippen molar-refractivity contribution < 1.29 is 23.1 Å². The maximum absolute atomic E-state index is 12.3. The number of benzene rings is 1. The van der Waals surface area contributed by atoms with E-state index in [1.807, 2.05) is 0 Å². The fourth-order valence-corrected chi connectivity index (χ4v) is 2.08. The van der Waals surface area contributed by atoms with E-state index in [2.05, 4.69) is 0 Å². The number of thioether (sulfide) groups is 1. The van der Waals surface area contributed by atoms with Crippen molar-refractivity contribution in [3.63, 3.8) is 0 Å². The summed E-state index contributed by atoms with van der Waals surface area (Å²) in [5, 5.41) is 17.7. The Balaban J connectivity index is 3.44. The van der Waals surface area contributed by atoms with Crippen LogP contribution in [-0.2, 0) is 6.54 Å². The summed E-state index contributed by atoms with van der Waals surface area (Å²) in [6.45, 7) is -0.393. The van der Waals surface area contributed by atoms with Gasteiger partial charge in [-0.2, -0.15) is 18.4 Å². The summed E-state index contributed by atoms with van der Waals surface area (Å²) in [6.07, 6.45) is 0. The molecule has 1 aromatic rings. The SMILES string of the molecule is N#Cc1ccc(SC(F)(F)F)c(CN)c1C(=O)O. The molecule has 0 amide bonds. The molecule has 0 spiro atoms. The average molecular weight is 276 g/mol. The summed E-state index contributed by atoms with van der Waals surface area (Å²) >= 11 is -0.450. The molecular formula is C10H7F3N2O2S. The van der Waals surface area contributed by atoms with Crippen LogP contribution in [0.1, 0.15) is 21.5 Å². The van der Waals surface area contributed by atoms with Crippen LogP contribution in [0, 0.1) is 11.3 Å². The van der Waals surface area contributed by atoms with Crippen LogP contribution in [0.3, 0.4) is 0 Å². The van der Waals surface area contributed by atoms with Gasteiger partial charge in [-0.1, -0.05) is 0 Å². The molecule has 0 aromatic heterocycles. The molecule has 0 saturated heterocycles. The molecule has 0 atom stereocenters. The highest BCUT2D eigenvalue weighted by molar-refractivity contribution is 8.00. The molecule has 0 aliphatic heterocycles. The van der Waals surface area contributed by atoms with Crippen molar-refractivity contribution in [1.29, 1.82) is 5.26 Å².